The Morgan fingerprint density at radius 3 is 2.71 bits per heavy atom. The van der Waals surface area contributed by atoms with Crippen LogP contribution in [0.4, 0.5) is 14.9 Å². The van der Waals surface area contributed by atoms with Crippen LogP contribution in [0.15, 0.2) is 29.3 Å². The first-order valence-corrected chi connectivity index (χ1v) is 13.1. The molecule has 0 radical (unpaired) electrons. The van der Waals surface area contributed by atoms with Crippen molar-refractivity contribution in [2.24, 2.45) is 16.8 Å². The third-order valence-corrected chi connectivity index (χ3v) is 8.67. The number of rotatable bonds is 3. The highest BCUT2D eigenvalue weighted by Crippen LogP contribution is 2.44. The van der Waals surface area contributed by atoms with Gasteiger partial charge in [-0.1, -0.05) is 44.1 Å². The quantitative estimate of drug-likeness (QED) is 0.569. The average Bonchev–Trinajstić information content (AvgIpc) is 3.42. The first-order valence-electron chi connectivity index (χ1n) is 13.1. The second kappa shape index (κ2) is 9.70. The van der Waals surface area contributed by atoms with Crippen LogP contribution in [-0.4, -0.2) is 59.4 Å². The molecule has 3 aliphatic heterocycles. The molecule has 34 heavy (non-hydrogen) atoms. The topological polar surface area (TPSA) is 39.1 Å². The summed E-state index contributed by atoms with van der Waals surface area (Å²) in [5, 5.41) is 0. The molecule has 5 rings (SSSR count). The van der Waals surface area contributed by atoms with Crippen LogP contribution in [0.5, 0.6) is 0 Å². The second-order valence-electron chi connectivity index (χ2n) is 10.7. The zero-order chi connectivity index (χ0) is 23.7. The molecule has 3 fully saturated rings. The lowest BCUT2D eigenvalue weighted by atomic mass is 9.79. The summed E-state index contributed by atoms with van der Waals surface area (Å²) >= 11 is 0. The Kier molecular flexibility index (Phi) is 6.66. The minimum absolute atomic E-state index is 0.249. The van der Waals surface area contributed by atoms with Crippen molar-refractivity contribution >= 4 is 17.6 Å². The molecule has 0 aromatic heterocycles. The summed E-state index contributed by atoms with van der Waals surface area (Å²) in [4.78, 5) is 24.7. The monoisotopic (exact) mass is 464 g/mol. The lowest BCUT2D eigenvalue weighted by Crippen LogP contribution is -2.63. The number of urea groups is 1. The van der Waals surface area contributed by atoms with Gasteiger partial charge in [-0.15, -0.1) is 5.92 Å². The van der Waals surface area contributed by atoms with Crippen LogP contribution in [0.1, 0.15) is 65.2 Å². The lowest BCUT2D eigenvalue weighted by molar-refractivity contribution is 0.142. The number of likely N-dealkylation sites (tertiary alicyclic amines) is 2. The number of anilines is 1. The van der Waals surface area contributed by atoms with Gasteiger partial charge in [0.2, 0.25) is 0 Å². The second-order valence-corrected chi connectivity index (χ2v) is 10.7. The van der Waals surface area contributed by atoms with E-state index in [0.717, 1.165) is 50.8 Å². The Morgan fingerprint density at radius 1 is 1.15 bits per heavy atom. The molecule has 5 nitrogen and oxygen atoms in total. The number of hydrogen-bond donors (Lipinski definition) is 0. The smallest absolute Gasteiger partial charge is 0.350 e. The highest BCUT2D eigenvalue weighted by molar-refractivity contribution is 6.16. The summed E-state index contributed by atoms with van der Waals surface area (Å²) in [6.45, 7) is 7.63. The van der Waals surface area contributed by atoms with Crippen LogP contribution in [0.2, 0.25) is 0 Å². The van der Waals surface area contributed by atoms with E-state index < -0.39 is 5.54 Å². The molecule has 2 saturated heterocycles. The van der Waals surface area contributed by atoms with E-state index in [1.807, 2.05) is 13.0 Å². The van der Waals surface area contributed by atoms with E-state index in [-0.39, 0.29) is 17.9 Å². The van der Waals surface area contributed by atoms with Crippen LogP contribution in [-0.2, 0) is 0 Å². The molecular formula is C28H37FN4O. The van der Waals surface area contributed by atoms with E-state index in [1.54, 1.807) is 11.0 Å². The van der Waals surface area contributed by atoms with Gasteiger partial charge in [0.15, 0.2) is 0 Å². The van der Waals surface area contributed by atoms with E-state index in [9.17, 15) is 9.18 Å². The molecule has 1 aliphatic carbocycles. The number of piperidine rings is 1. The molecule has 0 bridgehead atoms. The molecule has 1 aromatic rings. The fourth-order valence-corrected chi connectivity index (χ4v) is 6.93. The predicted octanol–water partition coefficient (Wildman–Crippen LogP) is 5.31. The standard InChI is InChI=1S/C28H37FN4O/c1-3-4-15-31-17-14-28(19-21(31)2)26(30-27(34)33(28)25-12-8-11-24(29)18-25)32-16-13-23(20-32)22-9-6-5-7-10-22/h8,11-12,18,21-23H,5-7,9-10,13-17,19-20H2,1-2H3/t21-,23?,28+/m0/s1. The van der Waals surface area contributed by atoms with Crippen LogP contribution in [0.3, 0.4) is 0 Å². The van der Waals surface area contributed by atoms with Crippen LogP contribution in [0.25, 0.3) is 0 Å². The third-order valence-electron chi connectivity index (χ3n) is 8.67. The predicted molar refractivity (Wildman–Crippen MR) is 134 cm³/mol. The Hall–Kier alpha value is -2.39. The van der Waals surface area contributed by atoms with Crippen LogP contribution in [0, 0.1) is 29.5 Å². The van der Waals surface area contributed by atoms with Gasteiger partial charge in [-0.3, -0.25) is 9.80 Å². The van der Waals surface area contributed by atoms with Crippen molar-refractivity contribution in [3.8, 4) is 11.8 Å². The average molecular weight is 465 g/mol. The minimum atomic E-state index is -0.526. The van der Waals surface area contributed by atoms with Crippen LogP contribution >= 0.6 is 0 Å². The fraction of sp³-hybridized carbons (Fsp3) is 0.643. The highest BCUT2D eigenvalue weighted by atomic mass is 19.1. The molecule has 0 N–H and O–H groups in total. The molecule has 3 atom stereocenters. The van der Waals surface area contributed by atoms with Gasteiger partial charge in [-0.05, 0) is 63.1 Å². The normalized spacial score (nSPS) is 30.6. The summed E-state index contributed by atoms with van der Waals surface area (Å²) < 4.78 is 14.2. The SMILES string of the molecule is CC#CCN1CC[C@@]2(C[C@@H]1C)C(N1CCC(C3CCCCC3)C1)=NC(=O)N2c1cccc(F)c1. The number of nitrogens with zero attached hydrogens (tertiary/aromatic N) is 4. The van der Waals surface area contributed by atoms with Crippen molar-refractivity contribution in [1.29, 1.82) is 0 Å². The number of amidine groups is 1. The molecular weight excluding hydrogens is 427 g/mol. The largest absolute Gasteiger partial charge is 0.358 e. The van der Waals surface area contributed by atoms with Gasteiger partial charge in [0.05, 0.1) is 6.54 Å². The number of amides is 2. The molecule has 2 amide bonds. The molecule has 1 spiro atoms. The summed E-state index contributed by atoms with van der Waals surface area (Å²) in [6, 6.07) is 6.44. The zero-order valence-electron chi connectivity index (χ0n) is 20.6. The third kappa shape index (κ3) is 4.24. The van der Waals surface area contributed by atoms with E-state index >= 15 is 0 Å². The molecule has 182 valence electrons. The molecule has 1 unspecified atom stereocenters. The van der Waals surface area contributed by atoms with Gasteiger partial charge in [-0.25, -0.2) is 9.18 Å². The summed E-state index contributed by atoms with van der Waals surface area (Å²) in [5.41, 5.74) is 0.0859. The molecule has 3 heterocycles. The van der Waals surface area contributed by atoms with Gasteiger partial charge < -0.3 is 4.90 Å². The first kappa shape index (κ1) is 23.4. The van der Waals surface area contributed by atoms with Crippen molar-refractivity contribution in [2.75, 3.05) is 31.1 Å². The Morgan fingerprint density at radius 2 is 1.97 bits per heavy atom. The number of carbonyl (C=O) groups is 1. The van der Waals surface area contributed by atoms with Gasteiger partial charge in [0.25, 0.3) is 0 Å². The van der Waals surface area contributed by atoms with Crippen molar-refractivity contribution in [3.63, 3.8) is 0 Å². The van der Waals surface area contributed by atoms with Gasteiger partial charge in [0.1, 0.15) is 17.2 Å². The number of carbonyl (C=O) groups excluding carboxylic acids is 1. The maximum atomic E-state index is 14.2. The van der Waals surface area contributed by atoms with E-state index in [0.29, 0.717) is 11.6 Å². The van der Waals surface area contributed by atoms with Gasteiger partial charge in [0, 0.05) is 31.4 Å². The van der Waals surface area contributed by atoms with Crippen molar-refractivity contribution in [1.82, 2.24) is 9.80 Å². The Balaban J connectivity index is 1.45. The molecule has 1 aromatic carbocycles. The highest BCUT2D eigenvalue weighted by Gasteiger charge is 2.55. The Labute approximate surface area is 203 Å². The van der Waals surface area contributed by atoms with Crippen LogP contribution < -0.4 is 4.90 Å². The molecule has 1 saturated carbocycles. The number of hydrogen-bond acceptors (Lipinski definition) is 3. The lowest BCUT2D eigenvalue weighted by Gasteiger charge is -2.49. The Bertz CT molecular complexity index is 1010. The van der Waals surface area contributed by atoms with Gasteiger partial charge >= 0.3 is 6.03 Å². The van der Waals surface area contributed by atoms with Crippen molar-refractivity contribution in [2.45, 2.75) is 76.8 Å². The number of benzene rings is 1. The van der Waals surface area contributed by atoms with Gasteiger partial charge in [-0.2, -0.15) is 4.99 Å². The number of aliphatic imine (C=N–C) groups is 1. The van der Waals surface area contributed by atoms with E-state index in [1.165, 1.54) is 50.7 Å². The van der Waals surface area contributed by atoms with Crippen molar-refractivity contribution < 1.29 is 9.18 Å². The fourth-order valence-electron chi connectivity index (χ4n) is 6.93. The number of halogens is 1. The molecule has 4 aliphatic rings. The van der Waals surface area contributed by atoms with Crippen molar-refractivity contribution in [3.05, 3.63) is 30.1 Å². The van der Waals surface area contributed by atoms with E-state index in [2.05, 4.69) is 28.6 Å². The summed E-state index contributed by atoms with van der Waals surface area (Å²) in [7, 11) is 0. The first-order chi connectivity index (χ1) is 16.5. The maximum absolute atomic E-state index is 14.2. The maximum Gasteiger partial charge on any atom is 0.350 e. The molecule has 6 heteroatoms. The van der Waals surface area contributed by atoms with E-state index in [4.69, 9.17) is 4.99 Å². The zero-order valence-corrected chi connectivity index (χ0v) is 20.6. The minimum Gasteiger partial charge on any atom is -0.358 e. The summed E-state index contributed by atoms with van der Waals surface area (Å²) in [5.74, 6) is 8.30. The summed E-state index contributed by atoms with van der Waals surface area (Å²) in [6.07, 6.45) is 9.51.